The Hall–Kier alpha value is -1.28. The molecule has 72 valence electrons. The Balaban J connectivity index is 2.66. The van der Waals surface area contributed by atoms with E-state index >= 15 is 0 Å². The van der Waals surface area contributed by atoms with Crippen molar-refractivity contribution in [2.45, 2.75) is 13.8 Å². The molecule has 1 heterocycles. The number of hydrogen-bond donors (Lipinski definition) is 0. The van der Waals surface area contributed by atoms with Crippen LogP contribution in [0.3, 0.4) is 0 Å². The summed E-state index contributed by atoms with van der Waals surface area (Å²) >= 11 is 6.09. The third kappa shape index (κ3) is 1.42. The van der Waals surface area contributed by atoms with Gasteiger partial charge < -0.3 is 4.52 Å². The standard InChI is InChI=1S/C11H10ClNO/c1-7-11(8(2)14-13-7)9-5-3-4-6-10(9)12/h3-6H,1-2H3. The second-order valence-electron chi connectivity index (χ2n) is 3.18. The summed E-state index contributed by atoms with van der Waals surface area (Å²) in [7, 11) is 0. The lowest BCUT2D eigenvalue weighted by atomic mass is 10.0. The Morgan fingerprint density at radius 2 is 1.93 bits per heavy atom. The number of nitrogens with zero attached hydrogens (tertiary/aromatic N) is 1. The minimum atomic E-state index is 0.724. The van der Waals surface area contributed by atoms with Crippen LogP contribution in [0.15, 0.2) is 28.8 Å². The second kappa shape index (κ2) is 3.46. The first-order chi connectivity index (χ1) is 6.70. The predicted molar refractivity (Wildman–Crippen MR) is 56.4 cm³/mol. The molecular formula is C11H10ClNO. The molecule has 1 aromatic carbocycles. The molecule has 0 saturated heterocycles. The summed E-state index contributed by atoms with van der Waals surface area (Å²) in [5, 5.41) is 4.62. The number of halogens is 1. The summed E-state index contributed by atoms with van der Waals surface area (Å²) in [4.78, 5) is 0. The van der Waals surface area contributed by atoms with Crippen LogP contribution in [0.1, 0.15) is 11.5 Å². The van der Waals surface area contributed by atoms with Crippen LogP contribution >= 0.6 is 11.6 Å². The highest BCUT2D eigenvalue weighted by molar-refractivity contribution is 6.33. The zero-order chi connectivity index (χ0) is 10.1. The van der Waals surface area contributed by atoms with E-state index in [1.165, 1.54) is 0 Å². The van der Waals surface area contributed by atoms with Gasteiger partial charge in [-0.25, -0.2) is 0 Å². The molecule has 2 rings (SSSR count). The monoisotopic (exact) mass is 207 g/mol. The Bertz CT molecular complexity index is 443. The fourth-order valence-corrected chi connectivity index (χ4v) is 1.76. The van der Waals surface area contributed by atoms with E-state index in [9.17, 15) is 0 Å². The zero-order valence-corrected chi connectivity index (χ0v) is 8.80. The Labute approximate surface area is 87.5 Å². The number of hydrogen-bond acceptors (Lipinski definition) is 2. The molecule has 0 spiro atoms. The summed E-state index contributed by atoms with van der Waals surface area (Å²) in [5.41, 5.74) is 2.84. The molecular weight excluding hydrogens is 198 g/mol. The molecule has 0 aliphatic carbocycles. The normalized spacial score (nSPS) is 10.5. The lowest BCUT2D eigenvalue weighted by Crippen LogP contribution is -1.82. The molecule has 0 N–H and O–H groups in total. The summed E-state index contributed by atoms with van der Waals surface area (Å²) < 4.78 is 5.10. The van der Waals surface area contributed by atoms with Crippen LogP contribution in [-0.4, -0.2) is 5.16 Å². The van der Waals surface area contributed by atoms with Gasteiger partial charge in [0.15, 0.2) is 0 Å². The quantitative estimate of drug-likeness (QED) is 0.714. The SMILES string of the molecule is Cc1noc(C)c1-c1ccccc1Cl. The highest BCUT2D eigenvalue weighted by Gasteiger charge is 2.13. The number of aromatic nitrogens is 1. The molecule has 2 aromatic rings. The molecule has 14 heavy (non-hydrogen) atoms. The van der Waals surface area contributed by atoms with E-state index < -0.39 is 0 Å². The van der Waals surface area contributed by atoms with Crippen LogP contribution < -0.4 is 0 Å². The van der Waals surface area contributed by atoms with Gasteiger partial charge in [-0.3, -0.25) is 0 Å². The van der Waals surface area contributed by atoms with Crippen molar-refractivity contribution < 1.29 is 4.52 Å². The topological polar surface area (TPSA) is 26.0 Å². The van der Waals surface area contributed by atoms with E-state index in [2.05, 4.69) is 5.16 Å². The third-order valence-electron chi connectivity index (χ3n) is 2.18. The van der Waals surface area contributed by atoms with Crippen molar-refractivity contribution in [2.75, 3.05) is 0 Å². The summed E-state index contributed by atoms with van der Waals surface area (Å²) in [6.45, 7) is 3.80. The first-order valence-corrected chi connectivity index (χ1v) is 4.75. The van der Waals surface area contributed by atoms with Gasteiger partial charge in [-0.2, -0.15) is 0 Å². The zero-order valence-electron chi connectivity index (χ0n) is 8.04. The lowest BCUT2D eigenvalue weighted by molar-refractivity contribution is 0.393. The first-order valence-electron chi connectivity index (χ1n) is 4.38. The Morgan fingerprint density at radius 3 is 2.50 bits per heavy atom. The summed E-state index contributed by atoms with van der Waals surface area (Å²) in [6, 6.07) is 7.69. The van der Waals surface area contributed by atoms with Gasteiger partial charge >= 0.3 is 0 Å². The molecule has 0 unspecified atom stereocenters. The van der Waals surface area contributed by atoms with Crippen molar-refractivity contribution in [3.63, 3.8) is 0 Å². The molecule has 3 heteroatoms. The number of benzene rings is 1. The fraction of sp³-hybridized carbons (Fsp3) is 0.182. The molecule has 0 radical (unpaired) electrons. The smallest absolute Gasteiger partial charge is 0.141 e. The van der Waals surface area contributed by atoms with E-state index in [-0.39, 0.29) is 0 Å². The van der Waals surface area contributed by atoms with Crippen molar-refractivity contribution in [1.29, 1.82) is 0 Å². The molecule has 1 aromatic heterocycles. The van der Waals surface area contributed by atoms with Crippen LogP contribution in [0.5, 0.6) is 0 Å². The number of rotatable bonds is 1. The van der Waals surface area contributed by atoms with Gasteiger partial charge in [-0.1, -0.05) is 35.0 Å². The van der Waals surface area contributed by atoms with Crippen molar-refractivity contribution in [3.8, 4) is 11.1 Å². The average molecular weight is 208 g/mol. The van der Waals surface area contributed by atoms with E-state index in [1.807, 2.05) is 38.1 Å². The Kier molecular flexibility index (Phi) is 2.30. The molecule has 0 atom stereocenters. The van der Waals surface area contributed by atoms with Gasteiger partial charge in [0.25, 0.3) is 0 Å². The van der Waals surface area contributed by atoms with E-state index in [0.717, 1.165) is 27.6 Å². The molecule has 0 saturated carbocycles. The maximum atomic E-state index is 6.09. The van der Waals surface area contributed by atoms with Gasteiger partial charge in [0.2, 0.25) is 0 Å². The van der Waals surface area contributed by atoms with E-state index in [4.69, 9.17) is 16.1 Å². The fourth-order valence-electron chi connectivity index (χ4n) is 1.53. The molecule has 0 bridgehead atoms. The summed E-state index contributed by atoms with van der Waals surface area (Å²) in [6.07, 6.45) is 0. The van der Waals surface area contributed by atoms with Gasteiger partial charge in [0.1, 0.15) is 5.76 Å². The van der Waals surface area contributed by atoms with Crippen molar-refractivity contribution in [1.82, 2.24) is 5.16 Å². The molecule has 0 aliphatic heterocycles. The van der Waals surface area contributed by atoms with Crippen LogP contribution in [0, 0.1) is 13.8 Å². The van der Waals surface area contributed by atoms with Gasteiger partial charge in [-0.05, 0) is 19.9 Å². The van der Waals surface area contributed by atoms with E-state index in [1.54, 1.807) is 0 Å². The highest BCUT2D eigenvalue weighted by Crippen LogP contribution is 2.32. The predicted octanol–water partition coefficient (Wildman–Crippen LogP) is 3.61. The molecule has 0 aliphatic rings. The Morgan fingerprint density at radius 1 is 1.21 bits per heavy atom. The molecule has 0 amide bonds. The average Bonchev–Trinajstić information content (AvgIpc) is 2.48. The maximum Gasteiger partial charge on any atom is 0.141 e. The third-order valence-corrected chi connectivity index (χ3v) is 2.51. The maximum absolute atomic E-state index is 6.09. The van der Waals surface area contributed by atoms with Crippen LogP contribution in [-0.2, 0) is 0 Å². The minimum Gasteiger partial charge on any atom is -0.361 e. The van der Waals surface area contributed by atoms with Crippen LogP contribution in [0.2, 0.25) is 5.02 Å². The van der Waals surface area contributed by atoms with Gasteiger partial charge in [-0.15, -0.1) is 0 Å². The first kappa shape index (κ1) is 9.28. The lowest BCUT2D eigenvalue weighted by Gasteiger charge is -2.01. The van der Waals surface area contributed by atoms with Crippen LogP contribution in [0.25, 0.3) is 11.1 Å². The second-order valence-corrected chi connectivity index (χ2v) is 3.59. The van der Waals surface area contributed by atoms with Crippen molar-refractivity contribution in [3.05, 3.63) is 40.7 Å². The largest absolute Gasteiger partial charge is 0.361 e. The van der Waals surface area contributed by atoms with Crippen LogP contribution in [0.4, 0.5) is 0 Å². The van der Waals surface area contributed by atoms with Crippen molar-refractivity contribution >= 4 is 11.6 Å². The van der Waals surface area contributed by atoms with E-state index in [0.29, 0.717) is 0 Å². The van der Waals surface area contributed by atoms with Crippen molar-refractivity contribution in [2.24, 2.45) is 0 Å². The molecule has 0 fully saturated rings. The number of aryl methyl sites for hydroxylation is 2. The van der Waals surface area contributed by atoms with Gasteiger partial charge in [0.05, 0.1) is 5.69 Å². The van der Waals surface area contributed by atoms with Gasteiger partial charge in [0, 0.05) is 16.1 Å². The summed E-state index contributed by atoms with van der Waals surface area (Å²) in [5.74, 6) is 0.801. The highest BCUT2D eigenvalue weighted by atomic mass is 35.5. The molecule has 2 nitrogen and oxygen atoms in total. The minimum absolute atomic E-state index is 0.724.